The molecule has 0 aromatic carbocycles. The van der Waals surface area contributed by atoms with Gasteiger partial charge in [0.25, 0.3) is 0 Å². The molecule has 0 fully saturated rings. The number of carbonyl (C=O) groups is 1. The van der Waals surface area contributed by atoms with Crippen LogP contribution in [0.3, 0.4) is 0 Å². The lowest BCUT2D eigenvalue weighted by Crippen LogP contribution is -2.08. The zero-order valence-corrected chi connectivity index (χ0v) is 10.00. The zero-order valence-electron chi connectivity index (χ0n) is 10.00. The van der Waals surface area contributed by atoms with Crippen LogP contribution in [0.25, 0.3) is 0 Å². The van der Waals surface area contributed by atoms with Crippen molar-refractivity contribution in [3.05, 3.63) is 11.3 Å². The number of aryl methyl sites for hydroxylation is 1. The van der Waals surface area contributed by atoms with Gasteiger partial charge in [0, 0.05) is 7.05 Å². The summed E-state index contributed by atoms with van der Waals surface area (Å²) in [5.74, 6) is -0.191. The molecule has 0 saturated carbocycles. The average Bonchev–Trinajstić information content (AvgIpc) is 2.45. The fourth-order valence-corrected chi connectivity index (χ4v) is 1.09. The van der Waals surface area contributed by atoms with Crippen LogP contribution in [0, 0.1) is 6.92 Å². The molecule has 0 aliphatic rings. The maximum absolute atomic E-state index is 11.3. The second-order valence-electron chi connectivity index (χ2n) is 2.69. The molecule has 0 unspecified atom stereocenters. The molecule has 0 aliphatic heterocycles. The van der Waals surface area contributed by atoms with E-state index in [0.717, 1.165) is 5.69 Å². The Bertz CT molecular complexity index is 332. The maximum atomic E-state index is 11.3. The van der Waals surface area contributed by atoms with Crippen LogP contribution in [-0.4, -0.2) is 22.4 Å². The number of hydrogen-bond acceptors (Lipinski definition) is 4. The molecule has 1 aromatic rings. The number of carbonyl (C=O) groups excluding carboxylic acids is 1. The lowest BCUT2D eigenvalue weighted by molar-refractivity contribution is 0.0526. The number of anilines is 1. The average molecular weight is 213 g/mol. The van der Waals surface area contributed by atoms with Crippen molar-refractivity contribution in [1.82, 2.24) is 9.78 Å². The maximum Gasteiger partial charge on any atom is 0.343 e. The monoisotopic (exact) mass is 213 g/mol. The number of ether oxygens (including phenoxy) is 1. The molecular weight excluding hydrogens is 194 g/mol. The summed E-state index contributed by atoms with van der Waals surface area (Å²) < 4.78 is 6.39. The standard InChI is InChI=1S/C8H13N3O2.C2H6/c1-4-13-8(12)6-5(2)11(3)10-7(6)9;1-2/h4H2,1-3H3,(H2,9,10);1-2H3. The van der Waals surface area contributed by atoms with Crippen molar-refractivity contribution in [3.63, 3.8) is 0 Å². The Labute approximate surface area is 90.2 Å². The SMILES string of the molecule is CC.CCOC(=O)c1c(N)nn(C)c1C. The van der Waals surface area contributed by atoms with Crippen molar-refractivity contribution in [2.75, 3.05) is 12.3 Å². The van der Waals surface area contributed by atoms with Crippen LogP contribution >= 0.6 is 0 Å². The van der Waals surface area contributed by atoms with Gasteiger partial charge >= 0.3 is 5.97 Å². The Morgan fingerprint density at radius 1 is 1.53 bits per heavy atom. The molecule has 2 N–H and O–H groups in total. The lowest BCUT2D eigenvalue weighted by Gasteiger charge is -2.00. The lowest BCUT2D eigenvalue weighted by atomic mass is 10.2. The largest absolute Gasteiger partial charge is 0.462 e. The van der Waals surface area contributed by atoms with E-state index in [9.17, 15) is 4.79 Å². The number of esters is 1. The summed E-state index contributed by atoms with van der Waals surface area (Å²) in [5, 5.41) is 3.91. The van der Waals surface area contributed by atoms with Gasteiger partial charge in [-0.2, -0.15) is 5.10 Å². The van der Waals surface area contributed by atoms with Crippen LogP contribution in [0.1, 0.15) is 36.8 Å². The summed E-state index contributed by atoms with van der Waals surface area (Å²) >= 11 is 0. The Morgan fingerprint density at radius 2 is 2.07 bits per heavy atom. The molecule has 1 rings (SSSR count). The first-order chi connectivity index (χ1) is 7.07. The molecule has 1 aromatic heterocycles. The zero-order chi connectivity index (χ0) is 12.0. The topological polar surface area (TPSA) is 70.1 Å². The van der Waals surface area contributed by atoms with Gasteiger partial charge in [-0.05, 0) is 13.8 Å². The van der Waals surface area contributed by atoms with E-state index < -0.39 is 5.97 Å². The highest BCUT2D eigenvalue weighted by molar-refractivity contribution is 5.95. The summed E-state index contributed by atoms with van der Waals surface area (Å²) in [6.45, 7) is 7.86. The Kier molecular flexibility index (Phi) is 5.44. The molecule has 5 heteroatoms. The number of hydrogen-bond donors (Lipinski definition) is 1. The quantitative estimate of drug-likeness (QED) is 0.756. The van der Waals surface area contributed by atoms with Crippen molar-refractivity contribution < 1.29 is 9.53 Å². The molecule has 86 valence electrons. The highest BCUT2D eigenvalue weighted by atomic mass is 16.5. The van der Waals surface area contributed by atoms with Crippen LogP contribution in [0.5, 0.6) is 0 Å². The third kappa shape index (κ3) is 2.97. The molecule has 0 atom stereocenters. The van der Waals surface area contributed by atoms with E-state index in [1.807, 2.05) is 13.8 Å². The summed E-state index contributed by atoms with van der Waals surface area (Å²) in [5.41, 5.74) is 6.62. The first-order valence-electron chi connectivity index (χ1n) is 5.04. The van der Waals surface area contributed by atoms with Crippen molar-refractivity contribution in [3.8, 4) is 0 Å². The summed E-state index contributed by atoms with van der Waals surface area (Å²) in [6.07, 6.45) is 0. The van der Waals surface area contributed by atoms with Crippen molar-refractivity contribution in [2.45, 2.75) is 27.7 Å². The number of nitrogen functional groups attached to an aromatic ring is 1. The van der Waals surface area contributed by atoms with Gasteiger partial charge in [-0.25, -0.2) is 4.79 Å². The van der Waals surface area contributed by atoms with Gasteiger partial charge in [0.05, 0.1) is 12.3 Å². The number of aromatic nitrogens is 2. The minimum atomic E-state index is -0.411. The molecular formula is C10H19N3O2. The van der Waals surface area contributed by atoms with E-state index in [0.29, 0.717) is 12.2 Å². The molecule has 0 radical (unpaired) electrons. The van der Waals surface area contributed by atoms with Gasteiger partial charge in [0.1, 0.15) is 5.56 Å². The highest BCUT2D eigenvalue weighted by Gasteiger charge is 2.18. The smallest absolute Gasteiger partial charge is 0.343 e. The number of rotatable bonds is 2. The minimum Gasteiger partial charge on any atom is -0.462 e. The van der Waals surface area contributed by atoms with Gasteiger partial charge in [-0.15, -0.1) is 0 Å². The molecule has 0 saturated heterocycles. The van der Waals surface area contributed by atoms with Gasteiger partial charge in [-0.3, -0.25) is 4.68 Å². The van der Waals surface area contributed by atoms with Crippen LogP contribution in [-0.2, 0) is 11.8 Å². The second kappa shape index (κ2) is 6.06. The van der Waals surface area contributed by atoms with Gasteiger partial charge in [0.15, 0.2) is 5.82 Å². The van der Waals surface area contributed by atoms with Crippen LogP contribution in [0.2, 0.25) is 0 Å². The van der Waals surface area contributed by atoms with Crippen molar-refractivity contribution >= 4 is 11.8 Å². The fraction of sp³-hybridized carbons (Fsp3) is 0.600. The van der Waals surface area contributed by atoms with Crippen LogP contribution < -0.4 is 5.73 Å². The van der Waals surface area contributed by atoms with Crippen molar-refractivity contribution in [1.29, 1.82) is 0 Å². The summed E-state index contributed by atoms with van der Waals surface area (Å²) in [6, 6.07) is 0. The van der Waals surface area contributed by atoms with Gasteiger partial charge < -0.3 is 10.5 Å². The van der Waals surface area contributed by atoms with Gasteiger partial charge in [-0.1, -0.05) is 13.8 Å². The van der Waals surface area contributed by atoms with Crippen LogP contribution in [0.15, 0.2) is 0 Å². The normalized spacial score (nSPS) is 9.13. The third-order valence-electron chi connectivity index (χ3n) is 1.84. The van der Waals surface area contributed by atoms with Crippen LogP contribution in [0.4, 0.5) is 5.82 Å². The molecule has 0 spiro atoms. The predicted octanol–water partition coefficient (Wildman–Crippen LogP) is 1.51. The predicted molar refractivity (Wildman–Crippen MR) is 59.7 cm³/mol. The van der Waals surface area contributed by atoms with E-state index in [4.69, 9.17) is 10.5 Å². The number of nitrogens with two attached hydrogens (primary N) is 1. The summed E-state index contributed by atoms with van der Waals surface area (Å²) in [7, 11) is 1.73. The second-order valence-corrected chi connectivity index (χ2v) is 2.69. The minimum absolute atomic E-state index is 0.221. The third-order valence-corrected chi connectivity index (χ3v) is 1.84. The highest BCUT2D eigenvalue weighted by Crippen LogP contribution is 2.15. The Balaban J connectivity index is 0.000000921. The molecule has 5 nitrogen and oxygen atoms in total. The molecule has 0 amide bonds. The van der Waals surface area contributed by atoms with E-state index >= 15 is 0 Å². The number of nitrogens with zero attached hydrogens (tertiary/aromatic N) is 2. The van der Waals surface area contributed by atoms with E-state index in [-0.39, 0.29) is 5.82 Å². The molecule has 0 aliphatic carbocycles. The Hall–Kier alpha value is -1.52. The van der Waals surface area contributed by atoms with E-state index in [2.05, 4.69) is 5.10 Å². The molecule has 0 bridgehead atoms. The molecule has 15 heavy (non-hydrogen) atoms. The van der Waals surface area contributed by atoms with Gasteiger partial charge in [0.2, 0.25) is 0 Å². The first kappa shape index (κ1) is 13.5. The molecule has 1 heterocycles. The van der Waals surface area contributed by atoms with Crippen molar-refractivity contribution in [2.24, 2.45) is 7.05 Å². The first-order valence-corrected chi connectivity index (χ1v) is 5.04. The fourth-order valence-electron chi connectivity index (χ4n) is 1.09. The van der Waals surface area contributed by atoms with E-state index in [1.54, 1.807) is 25.6 Å². The Morgan fingerprint density at radius 3 is 2.40 bits per heavy atom. The summed E-state index contributed by atoms with van der Waals surface area (Å²) in [4.78, 5) is 11.3. The van der Waals surface area contributed by atoms with E-state index in [1.165, 1.54) is 0 Å².